The van der Waals surface area contributed by atoms with E-state index < -0.39 is 6.04 Å². The zero-order valence-corrected chi connectivity index (χ0v) is 15.8. The fourth-order valence-electron chi connectivity index (χ4n) is 3.53. The Morgan fingerprint density at radius 1 is 1.21 bits per heavy atom. The van der Waals surface area contributed by atoms with Crippen LogP contribution in [0.25, 0.3) is 6.08 Å². The number of para-hydroxylation sites is 1. The number of amides is 2. The lowest BCUT2D eigenvalue weighted by Gasteiger charge is -2.40. The Labute approximate surface area is 163 Å². The minimum Gasteiger partial charge on any atom is -0.497 e. The molecule has 0 aromatic heterocycles. The van der Waals surface area contributed by atoms with Crippen LogP contribution in [0.3, 0.4) is 0 Å². The molecule has 6 heteroatoms. The van der Waals surface area contributed by atoms with Gasteiger partial charge in [0.05, 0.1) is 7.11 Å². The first kappa shape index (κ1) is 18.1. The van der Waals surface area contributed by atoms with Crippen molar-refractivity contribution in [1.82, 2.24) is 4.90 Å². The predicted octanol–water partition coefficient (Wildman–Crippen LogP) is 3.10. The summed E-state index contributed by atoms with van der Waals surface area (Å²) in [6, 6.07) is 14.1. The van der Waals surface area contributed by atoms with Crippen molar-refractivity contribution in [3.8, 4) is 11.5 Å². The standard InChI is InChI=1S/C22H22N2O4/c1-14-18(13-15-5-3-4-6-19(15)28-14)21(24-12-11-20(24)25)22(26)23-16-7-9-17(27-2)10-8-16/h3-10,13-14,21H,11-12H2,1-2H3,(H,23,26)/t14-,21-/m0/s1. The van der Waals surface area contributed by atoms with Crippen molar-refractivity contribution in [2.75, 3.05) is 19.0 Å². The number of ether oxygens (including phenoxy) is 2. The summed E-state index contributed by atoms with van der Waals surface area (Å²) in [5, 5.41) is 2.92. The molecule has 0 radical (unpaired) electrons. The minimum atomic E-state index is -0.702. The van der Waals surface area contributed by atoms with Gasteiger partial charge in [0.2, 0.25) is 5.91 Å². The van der Waals surface area contributed by atoms with Gasteiger partial charge in [0.25, 0.3) is 5.91 Å². The van der Waals surface area contributed by atoms with Crippen molar-refractivity contribution in [3.05, 3.63) is 59.7 Å². The van der Waals surface area contributed by atoms with E-state index in [1.165, 1.54) is 0 Å². The van der Waals surface area contributed by atoms with E-state index >= 15 is 0 Å². The summed E-state index contributed by atoms with van der Waals surface area (Å²) < 4.78 is 11.2. The van der Waals surface area contributed by atoms with E-state index in [1.54, 1.807) is 36.3 Å². The molecule has 0 unspecified atom stereocenters. The Hall–Kier alpha value is -3.28. The van der Waals surface area contributed by atoms with Crippen LogP contribution in [0.15, 0.2) is 54.1 Å². The van der Waals surface area contributed by atoms with Gasteiger partial charge in [-0.3, -0.25) is 9.59 Å². The molecule has 2 heterocycles. The molecule has 0 bridgehead atoms. The molecule has 1 saturated heterocycles. The van der Waals surface area contributed by atoms with Gasteiger partial charge in [-0.15, -0.1) is 0 Å². The molecule has 0 aliphatic carbocycles. The zero-order valence-electron chi connectivity index (χ0n) is 15.8. The number of hydrogen-bond donors (Lipinski definition) is 1. The number of nitrogens with zero attached hydrogens (tertiary/aromatic N) is 1. The maximum atomic E-state index is 13.2. The van der Waals surface area contributed by atoms with Crippen LogP contribution in [0.2, 0.25) is 0 Å². The topological polar surface area (TPSA) is 67.9 Å². The Balaban J connectivity index is 1.64. The number of rotatable bonds is 5. The lowest BCUT2D eigenvalue weighted by atomic mass is 9.92. The highest BCUT2D eigenvalue weighted by molar-refractivity contribution is 6.01. The average Bonchev–Trinajstić information content (AvgIpc) is 2.71. The van der Waals surface area contributed by atoms with Crippen molar-refractivity contribution in [2.45, 2.75) is 25.5 Å². The van der Waals surface area contributed by atoms with Crippen LogP contribution in [-0.4, -0.2) is 42.5 Å². The molecule has 0 spiro atoms. The number of fused-ring (bicyclic) bond motifs is 1. The second kappa shape index (κ2) is 7.38. The van der Waals surface area contributed by atoms with E-state index in [2.05, 4.69) is 5.32 Å². The number of methoxy groups -OCH3 is 1. The van der Waals surface area contributed by atoms with Crippen molar-refractivity contribution >= 4 is 23.6 Å². The van der Waals surface area contributed by atoms with Crippen LogP contribution < -0.4 is 14.8 Å². The highest BCUT2D eigenvalue weighted by Gasteiger charge is 2.41. The van der Waals surface area contributed by atoms with E-state index in [1.807, 2.05) is 37.3 Å². The highest BCUT2D eigenvalue weighted by atomic mass is 16.5. The first-order valence-electron chi connectivity index (χ1n) is 9.28. The second-order valence-electron chi connectivity index (χ2n) is 6.90. The molecule has 1 N–H and O–H groups in total. The summed E-state index contributed by atoms with van der Waals surface area (Å²) >= 11 is 0. The third-order valence-electron chi connectivity index (χ3n) is 5.13. The van der Waals surface area contributed by atoms with Gasteiger partial charge in [-0.1, -0.05) is 18.2 Å². The molecule has 28 heavy (non-hydrogen) atoms. The molecule has 2 aromatic carbocycles. The summed E-state index contributed by atoms with van der Waals surface area (Å²) in [4.78, 5) is 26.9. The summed E-state index contributed by atoms with van der Waals surface area (Å²) in [6.07, 6.45) is 2.12. The summed E-state index contributed by atoms with van der Waals surface area (Å²) in [5.74, 6) is 1.21. The molecule has 0 saturated carbocycles. The fourth-order valence-corrected chi connectivity index (χ4v) is 3.53. The van der Waals surface area contributed by atoms with E-state index in [0.717, 1.165) is 16.9 Å². The van der Waals surface area contributed by atoms with Gasteiger partial charge in [0.15, 0.2) is 0 Å². The van der Waals surface area contributed by atoms with Gasteiger partial charge in [-0.25, -0.2) is 0 Å². The van der Waals surface area contributed by atoms with E-state index in [-0.39, 0.29) is 17.9 Å². The Kier molecular flexibility index (Phi) is 4.77. The normalized spacial score (nSPS) is 18.9. The maximum absolute atomic E-state index is 13.2. The van der Waals surface area contributed by atoms with Crippen molar-refractivity contribution < 1.29 is 19.1 Å². The van der Waals surface area contributed by atoms with E-state index in [4.69, 9.17) is 9.47 Å². The molecule has 4 rings (SSSR count). The number of anilines is 1. The molecule has 144 valence electrons. The van der Waals surface area contributed by atoms with Gasteiger partial charge in [-0.2, -0.15) is 0 Å². The molecular weight excluding hydrogens is 356 g/mol. The van der Waals surface area contributed by atoms with Crippen LogP contribution in [0.1, 0.15) is 18.9 Å². The van der Waals surface area contributed by atoms with Crippen molar-refractivity contribution in [1.29, 1.82) is 0 Å². The number of carbonyl (C=O) groups excluding carboxylic acids is 2. The quantitative estimate of drug-likeness (QED) is 0.812. The predicted molar refractivity (Wildman–Crippen MR) is 106 cm³/mol. The van der Waals surface area contributed by atoms with Crippen LogP contribution in [0.5, 0.6) is 11.5 Å². The Morgan fingerprint density at radius 2 is 1.96 bits per heavy atom. The average molecular weight is 378 g/mol. The third kappa shape index (κ3) is 3.33. The Morgan fingerprint density at radius 3 is 2.61 bits per heavy atom. The monoisotopic (exact) mass is 378 g/mol. The van der Waals surface area contributed by atoms with E-state index in [0.29, 0.717) is 24.4 Å². The second-order valence-corrected chi connectivity index (χ2v) is 6.90. The first-order chi connectivity index (χ1) is 13.6. The highest BCUT2D eigenvalue weighted by Crippen LogP contribution is 2.34. The number of likely N-dealkylation sites (tertiary alicyclic amines) is 1. The molecule has 2 aliphatic heterocycles. The molecule has 2 amide bonds. The minimum absolute atomic E-state index is 0.0261. The van der Waals surface area contributed by atoms with Gasteiger partial charge in [0.1, 0.15) is 23.6 Å². The van der Waals surface area contributed by atoms with Gasteiger partial charge in [0, 0.05) is 29.8 Å². The SMILES string of the molecule is COc1ccc(NC(=O)[C@H](C2=Cc3ccccc3O[C@H]2C)N2CCC2=O)cc1. The Bertz CT molecular complexity index is 936. The van der Waals surface area contributed by atoms with Gasteiger partial charge < -0.3 is 19.7 Å². The van der Waals surface area contributed by atoms with E-state index in [9.17, 15) is 9.59 Å². The summed E-state index contributed by atoms with van der Waals surface area (Å²) in [5.41, 5.74) is 2.33. The number of β-lactam (4-membered cyclic amide) rings is 1. The lowest BCUT2D eigenvalue weighted by Crippen LogP contribution is -2.57. The number of nitrogens with one attached hydrogen (secondary N) is 1. The van der Waals surface area contributed by atoms with Gasteiger partial charge >= 0.3 is 0 Å². The molecular formula is C22H22N2O4. The number of hydrogen-bond acceptors (Lipinski definition) is 4. The van der Waals surface area contributed by atoms with Crippen LogP contribution in [0.4, 0.5) is 5.69 Å². The molecule has 2 atom stereocenters. The lowest BCUT2D eigenvalue weighted by molar-refractivity contribution is -0.146. The summed E-state index contributed by atoms with van der Waals surface area (Å²) in [7, 11) is 1.59. The largest absolute Gasteiger partial charge is 0.497 e. The smallest absolute Gasteiger partial charge is 0.251 e. The maximum Gasteiger partial charge on any atom is 0.251 e. The van der Waals surface area contributed by atoms with Crippen LogP contribution in [0, 0.1) is 0 Å². The number of carbonyl (C=O) groups is 2. The van der Waals surface area contributed by atoms with Crippen LogP contribution in [-0.2, 0) is 9.59 Å². The molecule has 6 nitrogen and oxygen atoms in total. The van der Waals surface area contributed by atoms with Crippen molar-refractivity contribution in [2.24, 2.45) is 0 Å². The molecule has 2 aliphatic rings. The third-order valence-corrected chi connectivity index (χ3v) is 5.13. The first-order valence-corrected chi connectivity index (χ1v) is 9.28. The number of benzene rings is 2. The van der Waals surface area contributed by atoms with Gasteiger partial charge in [-0.05, 0) is 43.3 Å². The van der Waals surface area contributed by atoms with Crippen molar-refractivity contribution in [3.63, 3.8) is 0 Å². The zero-order chi connectivity index (χ0) is 19.7. The summed E-state index contributed by atoms with van der Waals surface area (Å²) in [6.45, 7) is 2.46. The van der Waals surface area contributed by atoms with Crippen LogP contribution >= 0.6 is 0 Å². The molecule has 1 fully saturated rings. The molecule has 2 aromatic rings. The fraction of sp³-hybridized carbons (Fsp3) is 0.273.